The van der Waals surface area contributed by atoms with E-state index in [4.69, 9.17) is 0 Å². The van der Waals surface area contributed by atoms with Crippen LogP contribution in [-0.2, 0) is 11.3 Å². The lowest BCUT2D eigenvalue weighted by molar-refractivity contribution is -0.144. The monoisotopic (exact) mass is 380 g/mol. The molecule has 2 amide bonds. The molecule has 2 aromatic rings. The molecular formula is C20H24N6O2. The summed E-state index contributed by atoms with van der Waals surface area (Å²) in [5, 5.41) is 11.1. The van der Waals surface area contributed by atoms with E-state index < -0.39 is 0 Å². The second kappa shape index (κ2) is 7.00. The van der Waals surface area contributed by atoms with Gasteiger partial charge in [0, 0.05) is 37.7 Å². The van der Waals surface area contributed by atoms with Gasteiger partial charge in [-0.1, -0.05) is 12.1 Å². The van der Waals surface area contributed by atoms with Crippen LogP contribution in [0.4, 0.5) is 0 Å². The fourth-order valence-electron chi connectivity index (χ4n) is 5.15. The minimum absolute atomic E-state index is 0.0965. The summed E-state index contributed by atoms with van der Waals surface area (Å²) in [6.07, 6.45) is 5.47. The molecule has 8 nitrogen and oxygen atoms in total. The van der Waals surface area contributed by atoms with Crippen LogP contribution in [0.1, 0.15) is 41.6 Å². The smallest absolute Gasteiger partial charge is 0.253 e. The number of tetrazole rings is 1. The molecule has 0 unspecified atom stereocenters. The second-order valence-electron chi connectivity index (χ2n) is 8.28. The highest BCUT2D eigenvalue weighted by Gasteiger charge is 2.44. The largest absolute Gasteiger partial charge is 0.339 e. The van der Waals surface area contributed by atoms with Crippen molar-refractivity contribution in [2.24, 2.45) is 11.8 Å². The molecule has 146 valence electrons. The third-order valence-corrected chi connectivity index (χ3v) is 6.40. The van der Waals surface area contributed by atoms with Crippen LogP contribution in [0.25, 0.3) is 0 Å². The molecule has 3 saturated heterocycles. The number of aromatic nitrogens is 4. The van der Waals surface area contributed by atoms with Crippen LogP contribution in [-0.4, -0.2) is 67.5 Å². The molecule has 2 bridgehead atoms. The highest BCUT2D eigenvalue weighted by atomic mass is 16.2. The number of piperidine rings is 3. The summed E-state index contributed by atoms with van der Waals surface area (Å²) in [6.45, 7) is 2.91. The average molecular weight is 380 g/mol. The van der Waals surface area contributed by atoms with Gasteiger partial charge in [0.2, 0.25) is 5.91 Å². The highest BCUT2D eigenvalue weighted by molar-refractivity contribution is 5.94. The zero-order valence-electron chi connectivity index (χ0n) is 15.8. The van der Waals surface area contributed by atoms with Crippen LogP contribution in [0.3, 0.4) is 0 Å². The minimum Gasteiger partial charge on any atom is -0.339 e. The van der Waals surface area contributed by atoms with Crippen LogP contribution in [0.15, 0.2) is 30.6 Å². The van der Waals surface area contributed by atoms with Gasteiger partial charge in [-0.25, -0.2) is 4.68 Å². The summed E-state index contributed by atoms with van der Waals surface area (Å²) in [6, 6.07) is 8.03. The van der Waals surface area contributed by atoms with E-state index in [1.165, 1.54) is 0 Å². The molecule has 4 heterocycles. The first-order valence-corrected chi connectivity index (χ1v) is 10.1. The van der Waals surface area contributed by atoms with Gasteiger partial charge in [-0.2, -0.15) is 0 Å². The number of hydrogen-bond acceptors (Lipinski definition) is 5. The Bertz CT molecular complexity index is 865. The third kappa shape index (κ3) is 3.16. The fourth-order valence-corrected chi connectivity index (χ4v) is 5.15. The Morgan fingerprint density at radius 1 is 1.14 bits per heavy atom. The highest BCUT2D eigenvalue weighted by Crippen LogP contribution is 2.38. The lowest BCUT2D eigenvalue weighted by Gasteiger charge is -2.52. The Morgan fingerprint density at radius 3 is 2.79 bits per heavy atom. The van der Waals surface area contributed by atoms with Gasteiger partial charge in [-0.05, 0) is 59.2 Å². The molecule has 3 fully saturated rings. The van der Waals surface area contributed by atoms with Gasteiger partial charge >= 0.3 is 0 Å². The van der Waals surface area contributed by atoms with Crippen LogP contribution >= 0.6 is 0 Å². The van der Waals surface area contributed by atoms with Crippen molar-refractivity contribution in [2.75, 3.05) is 19.6 Å². The lowest BCUT2D eigenvalue weighted by atomic mass is 9.76. The van der Waals surface area contributed by atoms with E-state index in [1.54, 1.807) is 11.0 Å². The van der Waals surface area contributed by atoms with Crippen molar-refractivity contribution in [1.82, 2.24) is 30.0 Å². The van der Waals surface area contributed by atoms with Crippen molar-refractivity contribution >= 4 is 11.8 Å². The van der Waals surface area contributed by atoms with Crippen molar-refractivity contribution in [3.63, 3.8) is 0 Å². The second-order valence-corrected chi connectivity index (χ2v) is 8.28. The molecule has 1 aromatic heterocycles. The number of nitrogens with zero attached hydrogens (tertiary/aromatic N) is 6. The van der Waals surface area contributed by atoms with E-state index in [-0.39, 0.29) is 5.91 Å². The van der Waals surface area contributed by atoms with E-state index in [2.05, 4.69) is 20.4 Å². The van der Waals surface area contributed by atoms with Gasteiger partial charge in [-0.3, -0.25) is 9.59 Å². The molecule has 0 radical (unpaired) electrons. The molecule has 8 heteroatoms. The van der Waals surface area contributed by atoms with Gasteiger partial charge in [0.15, 0.2) is 0 Å². The SMILES string of the molecule is O=C(c1ccc(Cn2cnnn2)cc1)N1C[C@H]2C[C@@H](C1)[C@@H]1CCCC(=O)N1C2. The van der Waals surface area contributed by atoms with Crippen molar-refractivity contribution in [2.45, 2.75) is 38.3 Å². The number of likely N-dealkylation sites (tertiary alicyclic amines) is 1. The van der Waals surface area contributed by atoms with E-state index in [1.807, 2.05) is 29.2 Å². The standard InChI is InChI=1S/C20H24N6O2/c27-19-3-1-2-18-17-8-15(11-26(18)19)9-24(12-17)20(28)16-6-4-14(5-7-16)10-25-13-21-22-23-25/h4-7,13,15,17-18H,1-3,8-12H2/t15-,17+,18+/m1/s1. The summed E-state index contributed by atoms with van der Waals surface area (Å²) in [4.78, 5) is 29.5. The topological polar surface area (TPSA) is 84.2 Å². The van der Waals surface area contributed by atoms with E-state index in [0.717, 1.165) is 50.0 Å². The Balaban J connectivity index is 1.28. The third-order valence-electron chi connectivity index (χ3n) is 6.40. The van der Waals surface area contributed by atoms with E-state index in [0.29, 0.717) is 36.8 Å². The normalized spacial score (nSPS) is 26.9. The summed E-state index contributed by atoms with van der Waals surface area (Å²) < 4.78 is 1.65. The predicted octanol–water partition coefficient (Wildman–Crippen LogP) is 1.19. The minimum atomic E-state index is 0.0965. The first-order chi connectivity index (χ1) is 13.7. The van der Waals surface area contributed by atoms with Gasteiger partial charge in [0.05, 0.1) is 6.54 Å². The summed E-state index contributed by atoms with van der Waals surface area (Å²) >= 11 is 0. The molecule has 3 aliphatic rings. The molecule has 0 aliphatic carbocycles. The number of carbonyl (C=O) groups is 2. The molecule has 5 rings (SSSR count). The number of amides is 2. The molecule has 28 heavy (non-hydrogen) atoms. The Kier molecular flexibility index (Phi) is 4.33. The van der Waals surface area contributed by atoms with Gasteiger partial charge in [0.25, 0.3) is 5.91 Å². The molecule has 3 atom stereocenters. The van der Waals surface area contributed by atoms with Crippen LogP contribution < -0.4 is 0 Å². The van der Waals surface area contributed by atoms with Crippen molar-refractivity contribution in [3.05, 3.63) is 41.7 Å². The quantitative estimate of drug-likeness (QED) is 0.799. The lowest BCUT2D eigenvalue weighted by Crippen LogP contribution is -2.61. The molecular weight excluding hydrogens is 356 g/mol. The van der Waals surface area contributed by atoms with Crippen molar-refractivity contribution in [3.8, 4) is 0 Å². The van der Waals surface area contributed by atoms with Crippen molar-refractivity contribution in [1.29, 1.82) is 0 Å². The maximum absolute atomic E-state index is 13.1. The Hall–Kier alpha value is -2.77. The molecule has 0 spiro atoms. The fraction of sp³-hybridized carbons (Fsp3) is 0.550. The molecule has 1 aromatic carbocycles. The first-order valence-electron chi connectivity index (χ1n) is 10.1. The summed E-state index contributed by atoms with van der Waals surface area (Å²) in [5.41, 5.74) is 1.77. The molecule has 0 saturated carbocycles. The Labute approximate surface area is 163 Å². The molecule has 0 N–H and O–H groups in total. The van der Waals surface area contributed by atoms with Gasteiger partial charge in [-0.15, -0.1) is 5.10 Å². The van der Waals surface area contributed by atoms with Crippen LogP contribution in [0.2, 0.25) is 0 Å². The van der Waals surface area contributed by atoms with E-state index in [9.17, 15) is 9.59 Å². The molecule has 3 aliphatic heterocycles. The number of fused-ring (bicyclic) bond motifs is 4. The maximum atomic E-state index is 13.1. The number of hydrogen-bond donors (Lipinski definition) is 0. The maximum Gasteiger partial charge on any atom is 0.253 e. The average Bonchev–Trinajstić information content (AvgIpc) is 3.22. The van der Waals surface area contributed by atoms with Crippen LogP contribution in [0.5, 0.6) is 0 Å². The number of rotatable bonds is 3. The Morgan fingerprint density at radius 2 is 2.00 bits per heavy atom. The first kappa shape index (κ1) is 17.3. The van der Waals surface area contributed by atoms with E-state index >= 15 is 0 Å². The van der Waals surface area contributed by atoms with Crippen molar-refractivity contribution < 1.29 is 9.59 Å². The van der Waals surface area contributed by atoms with Gasteiger partial charge in [0.1, 0.15) is 6.33 Å². The zero-order chi connectivity index (χ0) is 19.1. The summed E-state index contributed by atoms with van der Waals surface area (Å²) in [5.74, 6) is 1.23. The predicted molar refractivity (Wildman–Crippen MR) is 100 cm³/mol. The number of carbonyl (C=O) groups excluding carboxylic acids is 2. The van der Waals surface area contributed by atoms with Gasteiger partial charge < -0.3 is 9.80 Å². The number of benzene rings is 1. The summed E-state index contributed by atoms with van der Waals surface area (Å²) in [7, 11) is 0. The zero-order valence-corrected chi connectivity index (χ0v) is 15.8. The van der Waals surface area contributed by atoms with Crippen LogP contribution in [0, 0.1) is 11.8 Å².